The van der Waals surface area contributed by atoms with Crippen LogP contribution in [0.1, 0.15) is 25.8 Å². The van der Waals surface area contributed by atoms with E-state index in [-0.39, 0.29) is 5.41 Å². The van der Waals surface area contributed by atoms with Gasteiger partial charge in [-0.1, -0.05) is 19.9 Å². The molecule has 1 aliphatic rings. The van der Waals surface area contributed by atoms with Gasteiger partial charge in [-0.2, -0.15) is 0 Å². The summed E-state index contributed by atoms with van der Waals surface area (Å²) in [7, 11) is 3.76. The van der Waals surface area contributed by atoms with Crippen molar-refractivity contribution >= 4 is 5.82 Å². The molecule has 5 heteroatoms. The summed E-state index contributed by atoms with van der Waals surface area (Å²) in [6.07, 6.45) is 3.05. The van der Waals surface area contributed by atoms with Crippen LogP contribution in [0, 0.1) is 5.41 Å². The predicted molar refractivity (Wildman–Crippen MR) is 91.0 cm³/mol. The summed E-state index contributed by atoms with van der Waals surface area (Å²) < 4.78 is 5.10. The monoisotopic (exact) mass is 306 g/mol. The number of likely N-dealkylation sites (tertiary alicyclic amines) is 1. The van der Waals surface area contributed by atoms with Gasteiger partial charge in [0.05, 0.1) is 6.61 Å². The van der Waals surface area contributed by atoms with Gasteiger partial charge in [-0.15, -0.1) is 0 Å². The van der Waals surface area contributed by atoms with Crippen molar-refractivity contribution in [2.75, 3.05) is 45.3 Å². The summed E-state index contributed by atoms with van der Waals surface area (Å²) in [5.74, 6) is 0.988. The molecule has 1 aromatic rings. The van der Waals surface area contributed by atoms with Crippen molar-refractivity contribution in [1.29, 1.82) is 0 Å². The second kappa shape index (κ2) is 7.40. The van der Waals surface area contributed by atoms with E-state index in [1.165, 1.54) is 5.56 Å². The molecule has 0 aliphatic carbocycles. The smallest absolute Gasteiger partial charge is 0.128 e. The van der Waals surface area contributed by atoms with E-state index in [4.69, 9.17) is 10.5 Å². The predicted octanol–water partition coefficient (Wildman–Crippen LogP) is 1.72. The number of hydrogen-bond acceptors (Lipinski definition) is 5. The minimum absolute atomic E-state index is 0.186. The standard InChI is InChI=1S/C17H30N4O/c1-17(2)13-21(8-7-15(17)18)12-14-5-6-16(19-11-14)20(3)9-10-22-4/h5-6,11,15H,7-10,12-13,18H2,1-4H3. The zero-order chi connectivity index (χ0) is 16.2. The average Bonchev–Trinajstić information content (AvgIpc) is 2.49. The third kappa shape index (κ3) is 4.41. The molecule has 0 bridgehead atoms. The first kappa shape index (κ1) is 17.2. The molecule has 1 fully saturated rings. The molecule has 5 nitrogen and oxygen atoms in total. The van der Waals surface area contributed by atoms with Crippen molar-refractivity contribution in [2.45, 2.75) is 32.9 Å². The Morgan fingerprint density at radius 1 is 1.45 bits per heavy atom. The van der Waals surface area contributed by atoms with Crippen molar-refractivity contribution < 1.29 is 4.74 Å². The lowest BCUT2D eigenvalue weighted by Gasteiger charge is -2.42. The third-order valence-electron chi connectivity index (χ3n) is 4.63. The number of nitrogens with two attached hydrogens (primary N) is 1. The molecule has 1 saturated heterocycles. The van der Waals surface area contributed by atoms with Crippen LogP contribution < -0.4 is 10.6 Å². The fourth-order valence-corrected chi connectivity index (χ4v) is 2.96. The van der Waals surface area contributed by atoms with E-state index in [1.807, 2.05) is 13.2 Å². The number of hydrogen-bond donors (Lipinski definition) is 1. The molecule has 1 unspecified atom stereocenters. The van der Waals surface area contributed by atoms with Crippen LogP contribution in [0.5, 0.6) is 0 Å². The Morgan fingerprint density at radius 3 is 2.82 bits per heavy atom. The molecule has 1 aliphatic heterocycles. The first-order chi connectivity index (χ1) is 10.4. The Balaban J connectivity index is 1.91. The molecule has 1 aromatic heterocycles. The van der Waals surface area contributed by atoms with Crippen LogP contribution in [-0.2, 0) is 11.3 Å². The highest BCUT2D eigenvalue weighted by atomic mass is 16.5. The number of aromatic nitrogens is 1. The van der Waals surface area contributed by atoms with Gasteiger partial charge in [0.1, 0.15) is 5.82 Å². The fraction of sp³-hybridized carbons (Fsp3) is 0.706. The van der Waals surface area contributed by atoms with Gasteiger partial charge in [-0.05, 0) is 23.5 Å². The van der Waals surface area contributed by atoms with Crippen molar-refractivity contribution in [3.8, 4) is 0 Å². The van der Waals surface area contributed by atoms with Gasteiger partial charge in [-0.25, -0.2) is 4.98 Å². The Kier molecular flexibility index (Phi) is 5.78. The zero-order valence-corrected chi connectivity index (χ0v) is 14.4. The van der Waals surface area contributed by atoms with E-state index in [0.717, 1.165) is 38.4 Å². The Hall–Kier alpha value is -1.17. The fourth-order valence-electron chi connectivity index (χ4n) is 2.96. The van der Waals surface area contributed by atoms with Crippen LogP contribution in [0.15, 0.2) is 18.3 Å². The molecule has 22 heavy (non-hydrogen) atoms. The summed E-state index contributed by atoms with van der Waals surface area (Å²) in [6.45, 7) is 9.14. The Labute approximate surface area is 134 Å². The molecular formula is C17H30N4O. The number of pyridine rings is 1. The molecule has 0 saturated carbocycles. The number of likely N-dealkylation sites (N-methyl/N-ethyl adjacent to an activating group) is 1. The van der Waals surface area contributed by atoms with E-state index in [1.54, 1.807) is 7.11 Å². The molecule has 124 valence electrons. The maximum absolute atomic E-state index is 6.21. The molecule has 0 amide bonds. The number of anilines is 1. The van der Waals surface area contributed by atoms with E-state index >= 15 is 0 Å². The van der Waals surface area contributed by atoms with Crippen LogP contribution in [-0.4, -0.2) is 56.3 Å². The Morgan fingerprint density at radius 2 is 2.23 bits per heavy atom. The summed E-state index contributed by atoms with van der Waals surface area (Å²) in [5, 5.41) is 0. The highest BCUT2D eigenvalue weighted by Gasteiger charge is 2.33. The molecule has 2 heterocycles. The van der Waals surface area contributed by atoms with Gasteiger partial charge in [0, 0.05) is 52.6 Å². The second-order valence-corrected chi connectivity index (χ2v) is 7.03. The van der Waals surface area contributed by atoms with Crippen LogP contribution in [0.4, 0.5) is 5.82 Å². The van der Waals surface area contributed by atoms with Gasteiger partial charge >= 0.3 is 0 Å². The average molecular weight is 306 g/mol. The summed E-state index contributed by atoms with van der Waals surface area (Å²) in [6, 6.07) is 4.57. The van der Waals surface area contributed by atoms with Gasteiger partial charge in [0.25, 0.3) is 0 Å². The molecule has 0 radical (unpaired) electrons. The second-order valence-electron chi connectivity index (χ2n) is 7.03. The number of piperidine rings is 1. The summed E-state index contributed by atoms with van der Waals surface area (Å²) in [4.78, 5) is 9.16. The Bertz CT molecular complexity index is 460. The highest BCUT2D eigenvalue weighted by Crippen LogP contribution is 2.28. The maximum Gasteiger partial charge on any atom is 0.128 e. The van der Waals surface area contributed by atoms with Gasteiger partial charge in [0.15, 0.2) is 0 Å². The van der Waals surface area contributed by atoms with E-state index in [0.29, 0.717) is 12.6 Å². The topological polar surface area (TPSA) is 54.6 Å². The lowest BCUT2D eigenvalue weighted by atomic mass is 9.79. The number of ether oxygens (including phenoxy) is 1. The first-order valence-electron chi connectivity index (χ1n) is 8.05. The first-order valence-corrected chi connectivity index (χ1v) is 8.05. The van der Waals surface area contributed by atoms with Gasteiger partial charge in [0.2, 0.25) is 0 Å². The van der Waals surface area contributed by atoms with Crippen molar-refractivity contribution in [3.63, 3.8) is 0 Å². The highest BCUT2D eigenvalue weighted by molar-refractivity contribution is 5.38. The molecular weight excluding hydrogens is 276 g/mol. The van der Waals surface area contributed by atoms with Crippen molar-refractivity contribution in [1.82, 2.24) is 9.88 Å². The maximum atomic E-state index is 6.21. The summed E-state index contributed by atoms with van der Waals surface area (Å²) >= 11 is 0. The molecule has 2 rings (SSSR count). The minimum atomic E-state index is 0.186. The quantitative estimate of drug-likeness (QED) is 0.867. The van der Waals surface area contributed by atoms with Crippen LogP contribution in [0.2, 0.25) is 0 Å². The van der Waals surface area contributed by atoms with Crippen molar-refractivity contribution in [3.05, 3.63) is 23.9 Å². The normalized spacial score (nSPS) is 21.8. The van der Waals surface area contributed by atoms with Crippen molar-refractivity contribution in [2.24, 2.45) is 11.1 Å². The van der Waals surface area contributed by atoms with Gasteiger partial charge in [-0.3, -0.25) is 4.90 Å². The lowest BCUT2D eigenvalue weighted by Crippen LogP contribution is -2.52. The van der Waals surface area contributed by atoms with E-state index in [9.17, 15) is 0 Å². The molecule has 0 aromatic carbocycles. The minimum Gasteiger partial charge on any atom is -0.383 e. The number of methoxy groups -OCH3 is 1. The number of nitrogens with zero attached hydrogens (tertiary/aromatic N) is 3. The van der Waals surface area contributed by atoms with E-state index in [2.05, 4.69) is 40.8 Å². The third-order valence-corrected chi connectivity index (χ3v) is 4.63. The zero-order valence-electron chi connectivity index (χ0n) is 14.4. The lowest BCUT2D eigenvalue weighted by molar-refractivity contribution is 0.0898. The molecule has 1 atom stereocenters. The number of rotatable bonds is 6. The summed E-state index contributed by atoms with van der Waals surface area (Å²) in [5.41, 5.74) is 7.65. The van der Waals surface area contributed by atoms with Crippen LogP contribution in [0.3, 0.4) is 0 Å². The van der Waals surface area contributed by atoms with Crippen LogP contribution in [0.25, 0.3) is 0 Å². The van der Waals surface area contributed by atoms with E-state index < -0.39 is 0 Å². The van der Waals surface area contributed by atoms with Crippen LogP contribution >= 0.6 is 0 Å². The SMILES string of the molecule is COCCN(C)c1ccc(CN2CCC(N)C(C)(C)C2)cn1. The van der Waals surface area contributed by atoms with Gasteiger partial charge < -0.3 is 15.4 Å². The largest absolute Gasteiger partial charge is 0.383 e. The molecule has 2 N–H and O–H groups in total. The molecule has 0 spiro atoms.